The minimum absolute atomic E-state index is 0.352. The largest absolute Gasteiger partial charge is 0.466 e. The van der Waals surface area contributed by atoms with Crippen LogP contribution in [0, 0.1) is 17.8 Å². The van der Waals surface area contributed by atoms with E-state index in [1.54, 1.807) is 11.3 Å². The average Bonchev–Trinajstić information content (AvgIpc) is 3.36. The topological polar surface area (TPSA) is 54.4 Å². The van der Waals surface area contributed by atoms with Gasteiger partial charge in [-0.25, -0.2) is 15.0 Å². The molecule has 2 aromatic rings. The Morgan fingerprint density at radius 1 is 0.926 bits per heavy atom. The van der Waals surface area contributed by atoms with Crippen molar-refractivity contribution in [3.63, 3.8) is 0 Å². The molecule has 2 atom stereocenters. The molecule has 0 N–H and O–H groups in total. The summed E-state index contributed by atoms with van der Waals surface area (Å²) in [5, 5.41) is 0.807. The van der Waals surface area contributed by atoms with Gasteiger partial charge in [0.1, 0.15) is 6.10 Å². The predicted octanol–water partition coefficient (Wildman–Crippen LogP) is 2.92. The zero-order chi connectivity index (χ0) is 17.8. The number of piperidine rings is 3. The molecule has 142 valence electrons. The molecule has 4 bridgehead atoms. The Kier molecular flexibility index (Phi) is 3.86. The summed E-state index contributed by atoms with van der Waals surface area (Å²) in [5.74, 6) is 3.12. The number of thiazole rings is 1. The zero-order valence-corrected chi connectivity index (χ0v) is 16.3. The smallest absolute Gasteiger partial charge is 0.274 e. The fourth-order valence-electron chi connectivity index (χ4n) is 5.65. The number of anilines is 1. The molecule has 6 nitrogen and oxygen atoms in total. The molecule has 5 fully saturated rings. The van der Waals surface area contributed by atoms with Crippen LogP contribution < -0.4 is 9.64 Å². The molecule has 0 unspecified atom stereocenters. The minimum atomic E-state index is 0.352. The lowest BCUT2D eigenvalue weighted by Crippen LogP contribution is -2.61. The monoisotopic (exact) mass is 383 g/mol. The highest BCUT2D eigenvalue weighted by Crippen LogP contribution is 2.45. The highest BCUT2D eigenvalue weighted by Gasteiger charge is 2.48. The maximum absolute atomic E-state index is 6.43. The molecule has 4 aliphatic heterocycles. The SMILES string of the molecule is c1nc(N2CCCC2)ncc1-c1cnc(OC2[C@H]3CC4C[C@H]2CN(C4)C3)s1. The molecular weight excluding hydrogens is 358 g/mol. The fraction of sp³-hybridized carbons (Fsp3) is 0.650. The third kappa shape index (κ3) is 2.91. The van der Waals surface area contributed by atoms with E-state index in [1.807, 2.05) is 18.6 Å². The average molecular weight is 384 g/mol. The first kappa shape index (κ1) is 16.2. The third-order valence-electron chi connectivity index (χ3n) is 6.74. The first-order valence-corrected chi connectivity index (χ1v) is 11.1. The van der Waals surface area contributed by atoms with Gasteiger partial charge in [0.15, 0.2) is 0 Å². The Morgan fingerprint density at radius 3 is 2.37 bits per heavy atom. The summed E-state index contributed by atoms with van der Waals surface area (Å²) in [5.41, 5.74) is 1.03. The summed E-state index contributed by atoms with van der Waals surface area (Å²) in [7, 11) is 0. The summed E-state index contributed by atoms with van der Waals surface area (Å²) in [4.78, 5) is 19.7. The molecule has 1 saturated carbocycles. The van der Waals surface area contributed by atoms with E-state index in [0.717, 1.165) is 40.6 Å². The Labute approximate surface area is 163 Å². The van der Waals surface area contributed by atoms with E-state index >= 15 is 0 Å². The number of hydrogen-bond acceptors (Lipinski definition) is 7. The van der Waals surface area contributed by atoms with Gasteiger partial charge < -0.3 is 14.5 Å². The summed E-state index contributed by atoms with van der Waals surface area (Å²) in [6.45, 7) is 5.87. The van der Waals surface area contributed by atoms with Crippen molar-refractivity contribution in [1.29, 1.82) is 0 Å². The summed E-state index contributed by atoms with van der Waals surface area (Å²) < 4.78 is 6.43. The van der Waals surface area contributed by atoms with Crippen LogP contribution in [0.5, 0.6) is 5.19 Å². The molecule has 0 spiro atoms. The second-order valence-corrected chi connectivity index (χ2v) is 9.61. The van der Waals surface area contributed by atoms with Crippen molar-refractivity contribution in [3.05, 3.63) is 18.6 Å². The van der Waals surface area contributed by atoms with E-state index in [0.29, 0.717) is 17.9 Å². The molecule has 6 heterocycles. The van der Waals surface area contributed by atoms with Gasteiger partial charge in [-0.15, -0.1) is 0 Å². The van der Waals surface area contributed by atoms with E-state index in [2.05, 4.69) is 24.8 Å². The van der Waals surface area contributed by atoms with Crippen LogP contribution in [0.25, 0.3) is 10.4 Å². The molecule has 2 aromatic heterocycles. The normalized spacial score (nSPS) is 34.4. The third-order valence-corrected chi connectivity index (χ3v) is 7.67. The van der Waals surface area contributed by atoms with Crippen molar-refractivity contribution in [2.45, 2.75) is 31.8 Å². The van der Waals surface area contributed by atoms with Crippen LogP contribution in [0.15, 0.2) is 18.6 Å². The number of hydrogen-bond donors (Lipinski definition) is 0. The lowest BCUT2D eigenvalue weighted by atomic mass is 9.66. The van der Waals surface area contributed by atoms with E-state index in [1.165, 1.54) is 45.3 Å². The molecule has 7 heteroatoms. The van der Waals surface area contributed by atoms with Gasteiger partial charge in [0, 0.05) is 68.7 Å². The molecule has 7 rings (SSSR count). The molecule has 0 radical (unpaired) electrons. The van der Waals surface area contributed by atoms with Gasteiger partial charge >= 0.3 is 0 Å². The highest BCUT2D eigenvalue weighted by atomic mass is 32.1. The Morgan fingerprint density at radius 2 is 1.67 bits per heavy atom. The number of rotatable bonds is 4. The maximum atomic E-state index is 6.43. The van der Waals surface area contributed by atoms with Crippen molar-refractivity contribution in [1.82, 2.24) is 19.9 Å². The standard InChI is InChI=1S/C20H25N5OS/c1-2-4-25(3-1)19-21-7-16(8-22-19)17-9-23-20(27-17)26-18-14-5-13-6-15(18)12-24(10-13)11-14/h7-9,13-15,18H,1-6,10-12H2/t13?,14-,15-,18?/m0/s1. The van der Waals surface area contributed by atoms with Gasteiger partial charge in [0.05, 0.1) is 4.88 Å². The molecule has 27 heavy (non-hydrogen) atoms. The summed E-state index contributed by atoms with van der Waals surface area (Å²) in [6, 6.07) is 0. The van der Waals surface area contributed by atoms with Gasteiger partial charge in [-0.3, -0.25) is 0 Å². The molecular formula is C20H25N5OS. The number of nitrogens with zero attached hydrogens (tertiary/aromatic N) is 5. The summed E-state index contributed by atoms with van der Waals surface area (Å²) in [6.07, 6.45) is 11.3. The van der Waals surface area contributed by atoms with Crippen LogP contribution in [0.2, 0.25) is 0 Å². The first-order valence-electron chi connectivity index (χ1n) is 10.2. The molecule has 0 amide bonds. The van der Waals surface area contributed by atoms with Gasteiger partial charge in [-0.05, 0) is 31.6 Å². The van der Waals surface area contributed by atoms with E-state index in [9.17, 15) is 0 Å². The number of aromatic nitrogens is 3. The first-order chi connectivity index (χ1) is 13.3. The minimum Gasteiger partial charge on any atom is -0.466 e. The van der Waals surface area contributed by atoms with Crippen LogP contribution in [0.1, 0.15) is 25.7 Å². The Bertz CT molecular complexity index is 788. The maximum Gasteiger partial charge on any atom is 0.274 e. The van der Waals surface area contributed by atoms with Crippen LogP contribution in [-0.4, -0.2) is 58.7 Å². The van der Waals surface area contributed by atoms with Crippen LogP contribution in [0.4, 0.5) is 5.95 Å². The van der Waals surface area contributed by atoms with E-state index < -0.39 is 0 Å². The van der Waals surface area contributed by atoms with Gasteiger partial charge in [-0.1, -0.05) is 11.3 Å². The van der Waals surface area contributed by atoms with E-state index in [-0.39, 0.29) is 0 Å². The van der Waals surface area contributed by atoms with Crippen molar-refractivity contribution in [3.8, 4) is 15.6 Å². The highest BCUT2D eigenvalue weighted by molar-refractivity contribution is 7.16. The lowest BCUT2D eigenvalue weighted by molar-refractivity contribution is -0.0985. The van der Waals surface area contributed by atoms with Crippen molar-refractivity contribution < 1.29 is 4.74 Å². The molecule has 0 aromatic carbocycles. The van der Waals surface area contributed by atoms with Gasteiger partial charge in [-0.2, -0.15) is 0 Å². The molecule has 5 aliphatic rings. The zero-order valence-electron chi connectivity index (χ0n) is 15.5. The predicted molar refractivity (Wildman–Crippen MR) is 105 cm³/mol. The number of ether oxygens (including phenoxy) is 1. The summed E-state index contributed by atoms with van der Waals surface area (Å²) >= 11 is 1.63. The van der Waals surface area contributed by atoms with Gasteiger partial charge in [0.2, 0.25) is 5.95 Å². The second kappa shape index (κ2) is 6.41. The van der Waals surface area contributed by atoms with E-state index in [4.69, 9.17) is 4.74 Å². The van der Waals surface area contributed by atoms with Crippen LogP contribution >= 0.6 is 11.3 Å². The van der Waals surface area contributed by atoms with Gasteiger partial charge in [0.25, 0.3) is 5.19 Å². The Hall–Kier alpha value is -1.73. The van der Waals surface area contributed by atoms with Crippen molar-refractivity contribution >= 4 is 17.3 Å². The molecule has 1 aliphatic carbocycles. The molecule has 4 saturated heterocycles. The van der Waals surface area contributed by atoms with Crippen LogP contribution in [-0.2, 0) is 0 Å². The van der Waals surface area contributed by atoms with Crippen molar-refractivity contribution in [2.75, 3.05) is 37.6 Å². The quantitative estimate of drug-likeness (QED) is 0.809. The fourth-order valence-corrected chi connectivity index (χ4v) is 6.43. The lowest BCUT2D eigenvalue weighted by Gasteiger charge is -2.55. The second-order valence-electron chi connectivity index (χ2n) is 8.61. The van der Waals surface area contributed by atoms with Crippen molar-refractivity contribution in [2.24, 2.45) is 17.8 Å². The Balaban J connectivity index is 1.17. The van der Waals surface area contributed by atoms with Crippen LogP contribution in [0.3, 0.4) is 0 Å².